The Labute approximate surface area is 194 Å². The molecule has 2 saturated heterocycles. The van der Waals surface area contributed by atoms with Crippen LogP contribution in [0.4, 0.5) is 0 Å². The third-order valence-electron chi connectivity index (χ3n) is 7.97. The normalized spacial score (nSPS) is 36.7. The van der Waals surface area contributed by atoms with Crippen LogP contribution in [-0.4, -0.2) is 82.8 Å². The first-order valence-electron chi connectivity index (χ1n) is 12.5. The Bertz CT molecular complexity index is 850. The zero-order valence-electron chi connectivity index (χ0n) is 19.1. The number of likely N-dealkylation sites (tertiary alicyclic amines) is 1. The number of ether oxygens (including phenoxy) is 2. The molecule has 5 atom stereocenters. The minimum Gasteiger partial charge on any atom is -0.465 e. The van der Waals surface area contributed by atoms with E-state index in [0.717, 1.165) is 25.7 Å². The number of fused-ring (bicyclic) bond motifs is 2. The lowest BCUT2D eigenvalue weighted by Gasteiger charge is -2.39. The minimum absolute atomic E-state index is 0.0294. The van der Waals surface area contributed by atoms with E-state index in [0.29, 0.717) is 32.4 Å². The van der Waals surface area contributed by atoms with Crippen LogP contribution in [0.15, 0.2) is 24.3 Å². The summed E-state index contributed by atoms with van der Waals surface area (Å²) in [6.45, 7) is 1.15. The molecule has 1 unspecified atom stereocenters. The van der Waals surface area contributed by atoms with Crippen LogP contribution in [0, 0.1) is 11.8 Å². The standard InChI is InChI=1S/C25H34N2O6/c28-15-6-5-13-27-21-23(30)26(17-9-2-1-3-10-17)14-8-12-25(21)20(22(27)29)19-18(33-25)11-4-7-16-32-24(19)31/h4,8,11-12,17-21,28H,1-3,5-7,9-10,13-16H2/t18-,19+,20+,21?,25+/m1/s1. The average Bonchev–Trinajstić information content (AvgIpc) is 3.18. The van der Waals surface area contributed by atoms with Gasteiger partial charge in [-0.2, -0.15) is 0 Å². The van der Waals surface area contributed by atoms with Crippen LogP contribution < -0.4 is 0 Å². The van der Waals surface area contributed by atoms with Crippen molar-refractivity contribution in [3.05, 3.63) is 24.3 Å². The highest BCUT2D eigenvalue weighted by molar-refractivity contribution is 5.99. The molecule has 2 amide bonds. The van der Waals surface area contributed by atoms with Crippen LogP contribution in [0.25, 0.3) is 0 Å². The summed E-state index contributed by atoms with van der Waals surface area (Å²) in [7, 11) is 0. The molecule has 180 valence electrons. The summed E-state index contributed by atoms with van der Waals surface area (Å²) in [4.78, 5) is 44.5. The van der Waals surface area contributed by atoms with Gasteiger partial charge in [0, 0.05) is 25.7 Å². The zero-order chi connectivity index (χ0) is 23.0. The van der Waals surface area contributed by atoms with E-state index in [9.17, 15) is 19.5 Å². The second-order valence-corrected chi connectivity index (χ2v) is 9.87. The summed E-state index contributed by atoms with van der Waals surface area (Å²) < 4.78 is 12.0. The van der Waals surface area contributed by atoms with Gasteiger partial charge in [0.1, 0.15) is 17.6 Å². The van der Waals surface area contributed by atoms with E-state index in [1.807, 2.05) is 29.2 Å². The molecule has 0 radical (unpaired) electrons. The van der Waals surface area contributed by atoms with Crippen LogP contribution >= 0.6 is 0 Å². The van der Waals surface area contributed by atoms with E-state index < -0.39 is 35.6 Å². The topological polar surface area (TPSA) is 96.4 Å². The third kappa shape index (κ3) is 3.71. The molecule has 4 aliphatic heterocycles. The van der Waals surface area contributed by atoms with E-state index in [1.165, 1.54) is 6.42 Å². The number of amides is 2. The van der Waals surface area contributed by atoms with Crippen molar-refractivity contribution in [2.75, 3.05) is 26.3 Å². The minimum atomic E-state index is -1.18. The van der Waals surface area contributed by atoms with Crippen molar-refractivity contribution in [2.45, 2.75) is 75.2 Å². The van der Waals surface area contributed by atoms with Gasteiger partial charge < -0.3 is 24.4 Å². The molecule has 1 aliphatic carbocycles. The van der Waals surface area contributed by atoms with E-state index >= 15 is 0 Å². The van der Waals surface area contributed by atoms with Gasteiger partial charge in [-0.3, -0.25) is 14.4 Å². The van der Waals surface area contributed by atoms with Crippen LogP contribution in [0.2, 0.25) is 0 Å². The molecule has 1 spiro atoms. The van der Waals surface area contributed by atoms with Gasteiger partial charge in [-0.1, -0.05) is 43.6 Å². The van der Waals surface area contributed by atoms with Crippen molar-refractivity contribution >= 4 is 17.8 Å². The molecule has 0 aromatic rings. The number of carbonyl (C=O) groups excluding carboxylic acids is 3. The van der Waals surface area contributed by atoms with E-state index in [1.54, 1.807) is 4.90 Å². The number of rotatable bonds is 5. The molecule has 0 aromatic heterocycles. The van der Waals surface area contributed by atoms with E-state index in [-0.39, 0.29) is 31.1 Å². The summed E-state index contributed by atoms with van der Waals surface area (Å²) in [5, 5.41) is 9.27. The molecule has 0 aromatic carbocycles. The number of nitrogens with zero attached hydrogens (tertiary/aromatic N) is 2. The Morgan fingerprint density at radius 1 is 1.06 bits per heavy atom. The Hall–Kier alpha value is -2.19. The number of aliphatic hydroxyl groups is 1. The number of aliphatic hydroxyl groups excluding tert-OH is 1. The molecule has 1 saturated carbocycles. The Morgan fingerprint density at radius 3 is 2.67 bits per heavy atom. The van der Waals surface area contributed by atoms with Crippen molar-refractivity contribution < 1.29 is 29.0 Å². The number of hydrogen-bond acceptors (Lipinski definition) is 6. The first-order valence-corrected chi connectivity index (χ1v) is 12.5. The van der Waals surface area contributed by atoms with Gasteiger partial charge >= 0.3 is 5.97 Å². The maximum atomic E-state index is 14.1. The molecule has 4 heterocycles. The summed E-state index contributed by atoms with van der Waals surface area (Å²) in [6, 6.07) is -0.636. The largest absolute Gasteiger partial charge is 0.465 e. The highest BCUT2D eigenvalue weighted by Gasteiger charge is 2.71. The number of unbranched alkanes of at least 4 members (excludes halogenated alkanes) is 1. The zero-order valence-corrected chi connectivity index (χ0v) is 19.1. The Balaban J connectivity index is 1.54. The summed E-state index contributed by atoms with van der Waals surface area (Å²) in [5.41, 5.74) is -1.18. The number of hydrogen-bond donors (Lipinski definition) is 1. The lowest BCUT2D eigenvalue weighted by molar-refractivity contribution is -0.155. The number of carbonyl (C=O) groups is 3. The predicted molar refractivity (Wildman–Crippen MR) is 119 cm³/mol. The lowest BCUT2D eigenvalue weighted by Crippen LogP contribution is -2.57. The van der Waals surface area contributed by atoms with Gasteiger partial charge in [0.25, 0.3) is 0 Å². The van der Waals surface area contributed by atoms with Crippen LogP contribution in [0.5, 0.6) is 0 Å². The molecule has 8 nitrogen and oxygen atoms in total. The first-order chi connectivity index (χ1) is 16.1. The van der Waals surface area contributed by atoms with Crippen molar-refractivity contribution in [3.8, 4) is 0 Å². The molecule has 5 rings (SSSR count). The molecule has 8 heteroatoms. The smallest absolute Gasteiger partial charge is 0.312 e. The van der Waals surface area contributed by atoms with Crippen LogP contribution in [0.3, 0.4) is 0 Å². The fraction of sp³-hybridized carbons (Fsp3) is 0.720. The lowest BCUT2D eigenvalue weighted by atomic mass is 9.77. The fourth-order valence-electron chi connectivity index (χ4n) is 6.48. The Kier molecular flexibility index (Phi) is 6.31. The summed E-state index contributed by atoms with van der Waals surface area (Å²) in [6.07, 6.45) is 14.1. The van der Waals surface area contributed by atoms with Gasteiger partial charge in [-0.05, 0) is 32.1 Å². The van der Waals surface area contributed by atoms with E-state index in [2.05, 4.69) is 0 Å². The molecular weight excluding hydrogens is 424 g/mol. The van der Waals surface area contributed by atoms with Crippen LogP contribution in [-0.2, 0) is 23.9 Å². The van der Waals surface area contributed by atoms with Crippen molar-refractivity contribution in [1.82, 2.24) is 9.80 Å². The fourth-order valence-corrected chi connectivity index (χ4v) is 6.48. The molecular formula is C25H34N2O6. The highest BCUT2D eigenvalue weighted by atomic mass is 16.6. The third-order valence-corrected chi connectivity index (χ3v) is 7.97. The second-order valence-electron chi connectivity index (χ2n) is 9.87. The molecule has 3 fully saturated rings. The van der Waals surface area contributed by atoms with Crippen molar-refractivity contribution in [1.29, 1.82) is 0 Å². The molecule has 0 bridgehead atoms. The summed E-state index contributed by atoms with van der Waals surface area (Å²) in [5.74, 6) is -2.29. The van der Waals surface area contributed by atoms with Crippen molar-refractivity contribution in [2.24, 2.45) is 11.8 Å². The Morgan fingerprint density at radius 2 is 1.88 bits per heavy atom. The quantitative estimate of drug-likeness (QED) is 0.382. The van der Waals surface area contributed by atoms with Gasteiger partial charge in [-0.25, -0.2) is 0 Å². The monoisotopic (exact) mass is 458 g/mol. The first kappa shape index (κ1) is 22.6. The molecule has 1 N–H and O–H groups in total. The van der Waals surface area contributed by atoms with Gasteiger partial charge in [0.05, 0.1) is 18.6 Å². The van der Waals surface area contributed by atoms with Gasteiger partial charge in [0.2, 0.25) is 11.8 Å². The number of cyclic esters (lactones) is 1. The maximum absolute atomic E-state index is 14.1. The molecule has 5 aliphatic rings. The summed E-state index contributed by atoms with van der Waals surface area (Å²) >= 11 is 0. The average molecular weight is 459 g/mol. The van der Waals surface area contributed by atoms with Crippen molar-refractivity contribution in [3.63, 3.8) is 0 Å². The second kappa shape index (κ2) is 9.22. The predicted octanol–water partition coefficient (Wildman–Crippen LogP) is 1.57. The van der Waals surface area contributed by atoms with Crippen LogP contribution in [0.1, 0.15) is 51.4 Å². The SMILES string of the molecule is O=C1OCCC=C[C@H]2O[C@]34C=CCN(C5CCCCC5)C(=O)C3N(CCCCO)C(=O)[C@@H]4[C@@H]12. The van der Waals surface area contributed by atoms with Gasteiger partial charge in [0.15, 0.2) is 0 Å². The van der Waals surface area contributed by atoms with E-state index in [4.69, 9.17) is 9.47 Å². The maximum Gasteiger partial charge on any atom is 0.312 e. The highest BCUT2D eigenvalue weighted by Crippen LogP contribution is 2.53. The molecule has 33 heavy (non-hydrogen) atoms. The number of esters is 1. The van der Waals surface area contributed by atoms with Gasteiger partial charge in [-0.15, -0.1) is 0 Å².